The van der Waals surface area contributed by atoms with Crippen molar-refractivity contribution in [3.63, 3.8) is 0 Å². The van der Waals surface area contributed by atoms with Crippen molar-refractivity contribution in [2.24, 2.45) is 11.7 Å². The van der Waals surface area contributed by atoms with Gasteiger partial charge < -0.3 is 11.1 Å². The van der Waals surface area contributed by atoms with E-state index in [0.717, 1.165) is 17.4 Å². The molecule has 0 radical (unpaired) electrons. The third-order valence-electron chi connectivity index (χ3n) is 4.00. The molecule has 0 bridgehead atoms. The van der Waals surface area contributed by atoms with Gasteiger partial charge in [0.15, 0.2) is 0 Å². The van der Waals surface area contributed by atoms with E-state index in [1.54, 1.807) is 0 Å². The van der Waals surface area contributed by atoms with E-state index in [2.05, 4.69) is 33.7 Å². The largest absolute Gasteiger partial charge is 0.382 e. The number of hydrogen-bond acceptors (Lipinski definition) is 3. The Morgan fingerprint density at radius 2 is 2.22 bits per heavy atom. The van der Waals surface area contributed by atoms with Crippen LogP contribution >= 0.6 is 0 Å². The Balaban J connectivity index is 1.77. The number of H-pyrrole nitrogens is 1. The standard InChI is InChI=1S/C14H20N4/c15-8-10-3-1-2-4-13(10)17-12-5-6-14-11(7-12)9-16-18-14/h5-7,9-10,13,17H,1-4,8,15H2,(H,16,18). The maximum absolute atomic E-state index is 5.87. The third-order valence-corrected chi connectivity index (χ3v) is 4.00. The first kappa shape index (κ1) is 11.5. The van der Waals surface area contributed by atoms with E-state index in [9.17, 15) is 0 Å². The highest BCUT2D eigenvalue weighted by atomic mass is 15.1. The highest BCUT2D eigenvalue weighted by Gasteiger charge is 2.23. The number of nitrogens with two attached hydrogens (primary N) is 1. The number of aromatic amines is 1. The number of nitrogens with zero attached hydrogens (tertiary/aromatic N) is 1. The van der Waals surface area contributed by atoms with Gasteiger partial charge in [0.1, 0.15) is 0 Å². The molecule has 2 atom stereocenters. The summed E-state index contributed by atoms with van der Waals surface area (Å²) >= 11 is 0. The van der Waals surface area contributed by atoms with Gasteiger partial charge in [-0.15, -0.1) is 0 Å². The second-order valence-electron chi connectivity index (χ2n) is 5.20. The van der Waals surface area contributed by atoms with Crippen molar-refractivity contribution in [3.8, 4) is 0 Å². The van der Waals surface area contributed by atoms with E-state index in [1.165, 1.54) is 31.4 Å². The zero-order valence-corrected chi connectivity index (χ0v) is 10.5. The molecule has 96 valence electrons. The number of nitrogens with one attached hydrogen (secondary N) is 2. The Morgan fingerprint density at radius 3 is 3.11 bits per heavy atom. The van der Waals surface area contributed by atoms with Crippen molar-refractivity contribution < 1.29 is 0 Å². The topological polar surface area (TPSA) is 66.7 Å². The minimum absolute atomic E-state index is 0.521. The fraction of sp³-hybridized carbons (Fsp3) is 0.500. The van der Waals surface area contributed by atoms with Gasteiger partial charge in [0.2, 0.25) is 0 Å². The smallest absolute Gasteiger partial charge is 0.0651 e. The molecular formula is C14H20N4. The molecule has 4 heteroatoms. The van der Waals surface area contributed by atoms with Crippen LogP contribution in [0.3, 0.4) is 0 Å². The highest BCUT2D eigenvalue weighted by molar-refractivity contribution is 5.81. The van der Waals surface area contributed by atoms with Gasteiger partial charge in [-0.1, -0.05) is 12.8 Å². The lowest BCUT2D eigenvalue weighted by Crippen LogP contribution is -2.36. The summed E-state index contributed by atoms with van der Waals surface area (Å²) in [6.07, 6.45) is 6.97. The Labute approximate surface area is 107 Å². The zero-order chi connectivity index (χ0) is 12.4. The molecule has 0 aliphatic heterocycles. The lowest BCUT2D eigenvalue weighted by Gasteiger charge is -2.32. The van der Waals surface area contributed by atoms with Crippen LogP contribution in [-0.2, 0) is 0 Å². The van der Waals surface area contributed by atoms with Crippen LogP contribution < -0.4 is 11.1 Å². The van der Waals surface area contributed by atoms with Crippen LogP contribution in [0.15, 0.2) is 24.4 Å². The van der Waals surface area contributed by atoms with Crippen molar-refractivity contribution in [1.82, 2.24) is 10.2 Å². The molecule has 0 saturated heterocycles. The Morgan fingerprint density at radius 1 is 1.33 bits per heavy atom. The van der Waals surface area contributed by atoms with E-state index in [4.69, 9.17) is 5.73 Å². The molecule has 1 aromatic carbocycles. The Bertz CT molecular complexity index is 519. The number of aromatic nitrogens is 2. The summed E-state index contributed by atoms with van der Waals surface area (Å²) in [5, 5.41) is 11.8. The molecule has 2 aromatic rings. The number of hydrogen-bond donors (Lipinski definition) is 3. The van der Waals surface area contributed by atoms with E-state index in [0.29, 0.717) is 12.0 Å². The third kappa shape index (κ3) is 2.20. The molecule has 2 unspecified atom stereocenters. The first-order valence-electron chi connectivity index (χ1n) is 6.76. The lowest BCUT2D eigenvalue weighted by atomic mass is 9.84. The molecule has 4 N–H and O–H groups in total. The predicted molar refractivity (Wildman–Crippen MR) is 74.5 cm³/mol. The van der Waals surface area contributed by atoms with E-state index < -0.39 is 0 Å². The van der Waals surface area contributed by atoms with Crippen LogP contribution in [0.2, 0.25) is 0 Å². The fourth-order valence-electron chi connectivity index (χ4n) is 2.93. The fourth-order valence-corrected chi connectivity index (χ4v) is 2.93. The first-order valence-corrected chi connectivity index (χ1v) is 6.76. The van der Waals surface area contributed by atoms with Crippen molar-refractivity contribution in [2.45, 2.75) is 31.7 Å². The maximum Gasteiger partial charge on any atom is 0.0651 e. The summed E-state index contributed by atoms with van der Waals surface area (Å²) in [4.78, 5) is 0. The van der Waals surface area contributed by atoms with Crippen LogP contribution in [0.1, 0.15) is 25.7 Å². The van der Waals surface area contributed by atoms with Gasteiger partial charge in [-0.3, -0.25) is 5.10 Å². The molecule has 1 aliphatic rings. The van der Waals surface area contributed by atoms with Crippen molar-refractivity contribution in [2.75, 3.05) is 11.9 Å². The van der Waals surface area contributed by atoms with Gasteiger partial charge in [0.05, 0.1) is 11.7 Å². The summed E-state index contributed by atoms with van der Waals surface area (Å²) in [5.41, 5.74) is 8.12. The lowest BCUT2D eigenvalue weighted by molar-refractivity contribution is 0.332. The van der Waals surface area contributed by atoms with Gasteiger partial charge >= 0.3 is 0 Å². The van der Waals surface area contributed by atoms with Gasteiger partial charge in [-0.25, -0.2) is 0 Å². The Hall–Kier alpha value is -1.55. The van der Waals surface area contributed by atoms with Gasteiger partial charge in [-0.05, 0) is 43.5 Å². The summed E-state index contributed by atoms with van der Waals surface area (Å²) in [6.45, 7) is 0.783. The minimum atomic E-state index is 0.521. The highest BCUT2D eigenvalue weighted by Crippen LogP contribution is 2.27. The van der Waals surface area contributed by atoms with Crippen LogP contribution in [0, 0.1) is 5.92 Å². The van der Waals surface area contributed by atoms with Crippen LogP contribution in [0.4, 0.5) is 5.69 Å². The van der Waals surface area contributed by atoms with E-state index >= 15 is 0 Å². The molecule has 0 amide bonds. The van der Waals surface area contributed by atoms with Crippen LogP contribution in [0.5, 0.6) is 0 Å². The van der Waals surface area contributed by atoms with E-state index in [-0.39, 0.29) is 0 Å². The summed E-state index contributed by atoms with van der Waals surface area (Å²) < 4.78 is 0. The molecule has 1 heterocycles. The molecule has 1 aliphatic carbocycles. The molecule has 1 aromatic heterocycles. The Kier molecular flexibility index (Phi) is 3.19. The van der Waals surface area contributed by atoms with Gasteiger partial charge in [-0.2, -0.15) is 5.10 Å². The number of anilines is 1. The molecule has 0 spiro atoms. The predicted octanol–water partition coefficient (Wildman–Crippen LogP) is 2.49. The minimum Gasteiger partial charge on any atom is -0.382 e. The van der Waals surface area contributed by atoms with Crippen molar-refractivity contribution in [3.05, 3.63) is 24.4 Å². The molecule has 3 rings (SSSR count). The molecule has 1 saturated carbocycles. The quantitative estimate of drug-likeness (QED) is 0.777. The SMILES string of the molecule is NCC1CCCCC1Nc1ccc2[nH]ncc2c1. The monoisotopic (exact) mass is 244 g/mol. The molecule has 18 heavy (non-hydrogen) atoms. The first-order chi connectivity index (χ1) is 8.86. The normalized spacial score (nSPS) is 24.3. The number of benzene rings is 1. The van der Waals surface area contributed by atoms with Crippen molar-refractivity contribution in [1.29, 1.82) is 0 Å². The van der Waals surface area contributed by atoms with Gasteiger partial charge in [0, 0.05) is 17.1 Å². The van der Waals surface area contributed by atoms with Crippen molar-refractivity contribution >= 4 is 16.6 Å². The zero-order valence-electron chi connectivity index (χ0n) is 10.5. The number of fused-ring (bicyclic) bond motifs is 1. The molecular weight excluding hydrogens is 224 g/mol. The average molecular weight is 244 g/mol. The average Bonchev–Trinajstić information content (AvgIpc) is 2.87. The van der Waals surface area contributed by atoms with E-state index in [1.807, 2.05) is 6.20 Å². The maximum atomic E-state index is 5.87. The molecule has 4 nitrogen and oxygen atoms in total. The van der Waals surface area contributed by atoms with Crippen LogP contribution in [-0.4, -0.2) is 22.8 Å². The van der Waals surface area contributed by atoms with Gasteiger partial charge in [0.25, 0.3) is 0 Å². The second-order valence-corrected chi connectivity index (χ2v) is 5.20. The summed E-state index contributed by atoms with van der Waals surface area (Å²) in [6, 6.07) is 6.86. The summed E-state index contributed by atoms with van der Waals surface area (Å²) in [5.74, 6) is 0.610. The summed E-state index contributed by atoms with van der Waals surface area (Å²) in [7, 11) is 0. The van der Waals surface area contributed by atoms with Crippen LogP contribution in [0.25, 0.3) is 10.9 Å². The molecule has 1 fully saturated rings. The number of rotatable bonds is 3. The second kappa shape index (κ2) is 4.98.